The molecular formula is C16H17ClO3. The Bertz CT molecular complexity index is 583. The van der Waals surface area contributed by atoms with Gasteiger partial charge in [-0.1, -0.05) is 24.3 Å². The van der Waals surface area contributed by atoms with Gasteiger partial charge in [0.15, 0.2) is 5.78 Å². The van der Waals surface area contributed by atoms with E-state index in [9.17, 15) is 9.59 Å². The van der Waals surface area contributed by atoms with Gasteiger partial charge >= 0.3 is 5.97 Å². The molecule has 2 aliphatic rings. The Morgan fingerprint density at radius 2 is 2.15 bits per heavy atom. The molecule has 4 heteroatoms. The predicted molar refractivity (Wildman–Crippen MR) is 75.6 cm³/mol. The van der Waals surface area contributed by atoms with Crippen LogP contribution in [0, 0.1) is 5.41 Å². The minimum Gasteiger partial charge on any atom is -0.465 e. The number of hydrogen-bond acceptors (Lipinski definition) is 3. The minimum atomic E-state index is -1.08. The summed E-state index contributed by atoms with van der Waals surface area (Å²) in [6.45, 7) is 2.04. The van der Waals surface area contributed by atoms with Crippen molar-refractivity contribution in [3.63, 3.8) is 0 Å². The molecule has 2 atom stereocenters. The number of fused-ring (bicyclic) bond motifs is 4. The highest BCUT2D eigenvalue weighted by Gasteiger charge is 2.58. The monoisotopic (exact) mass is 292 g/mol. The average molecular weight is 293 g/mol. The van der Waals surface area contributed by atoms with Crippen LogP contribution in [0.25, 0.3) is 0 Å². The van der Waals surface area contributed by atoms with Crippen molar-refractivity contribution in [2.45, 2.75) is 37.5 Å². The van der Waals surface area contributed by atoms with Crippen molar-refractivity contribution >= 4 is 23.4 Å². The molecule has 1 aromatic rings. The van der Waals surface area contributed by atoms with Crippen LogP contribution in [0.2, 0.25) is 0 Å². The fourth-order valence-electron chi connectivity index (χ4n) is 3.57. The quantitative estimate of drug-likeness (QED) is 0.478. The molecule has 3 nitrogen and oxygen atoms in total. The summed E-state index contributed by atoms with van der Waals surface area (Å²) in [7, 11) is 0. The summed E-state index contributed by atoms with van der Waals surface area (Å²) in [6, 6.07) is 7.84. The molecule has 1 aromatic carbocycles. The molecule has 2 unspecified atom stereocenters. The second-order valence-corrected chi connectivity index (χ2v) is 6.43. The number of esters is 1. The first kappa shape index (κ1) is 13.6. The lowest BCUT2D eigenvalue weighted by Gasteiger charge is -2.47. The van der Waals surface area contributed by atoms with Gasteiger partial charge < -0.3 is 4.74 Å². The van der Waals surface area contributed by atoms with Gasteiger partial charge in [0.25, 0.3) is 0 Å². The molecule has 0 aliphatic heterocycles. The van der Waals surface area contributed by atoms with E-state index in [1.54, 1.807) is 6.92 Å². The summed E-state index contributed by atoms with van der Waals surface area (Å²) in [5.74, 6) is -0.439. The van der Waals surface area contributed by atoms with Crippen LogP contribution >= 0.6 is 11.6 Å². The molecule has 2 aliphatic carbocycles. The SMILES string of the molecule is CCOC(=O)C12Cc3ccccc3C(Cl)(CCC1=O)C2. The van der Waals surface area contributed by atoms with Gasteiger partial charge in [-0.15, -0.1) is 11.6 Å². The van der Waals surface area contributed by atoms with Crippen LogP contribution in [0.15, 0.2) is 24.3 Å². The zero-order valence-electron chi connectivity index (χ0n) is 11.4. The third-order valence-electron chi connectivity index (χ3n) is 4.52. The summed E-state index contributed by atoms with van der Waals surface area (Å²) in [5, 5.41) is 0. The lowest BCUT2D eigenvalue weighted by atomic mass is 9.59. The average Bonchev–Trinajstić information content (AvgIpc) is 2.44. The molecule has 2 bridgehead atoms. The number of ether oxygens (including phenoxy) is 1. The molecule has 0 spiro atoms. The summed E-state index contributed by atoms with van der Waals surface area (Å²) < 4.78 is 5.17. The van der Waals surface area contributed by atoms with E-state index >= 15 is 0 Å². The molecule has 1 fully saturated rings. The van der Waals surface area contributed by atoms with E-state index in [4.69, 9.17) is 16.3 Å². The van der Waals surface area contributed by atoms with Crippen LogP contribution in [0.4, 0.5) is 0 Å². The Hall–Kier alpha value is -1.35. The Kier molecular flexibility index (Phi) is 3.13. The molecule has 0 saturated heterocycles. The second-order valence-electron chi connectivity index (χ2n) is 5.70. The van der Waals surface area contributed by atoms with Gasteiger partial charge in [-0.3, -0.25) is 9.59 Å². The van der Waals surface area contributed by atoms with Crippen molar-refractivity contribution in [3.05, 3.63) is 35.4 Å². The molecule has 0 heterocycles. The molecule has 0 radical (unpaired) electrons. The molecule has 3 rings (SSSR count). The van der Waals surface area contributed by atoms with Crippen LogP contribution in [0.3, 0.4) is 0 Å². The third-order valence-corrected chi connectivity index (χ3v) is 5.05. The number of Topliss-reactive ketones (excluding diaryl/α,β-unsaturated/α-hetero) is 1. The van der Waals surface area contributed by atoms with Crippen LogP contribution in [0.1, 0.15) is 37.3 Å². The summed E-state index contributed by atoms with van der Waals surface area (Å²) >= 11 is 6.78. The maximum absolute atomic E-state index is 12.4. The van der Waals surface area contributed by atoms with Crippen molar-refractivity contribution in [3.8, 4) is 0 Å². The van der Waals surface area contributed by atoms with Crippen molar-refractivity contribution in [1.82, 2.24) is 0 Å². The van der Waals surface area contributed by atoms with Crippen LogP contribution in [-0.2, 0) is 25.6 Å². The molecule has 0 amide bonds. The molecule has 20 heavy (non-hydrogen) atoms. The first-order valence-corrected chi connectivity index (χ1v) is 7.37. The minimum absolute atomic E-state index is 0.0262. The first-order chi connectivity index (χ1) is 9.52. The number of hydrogen-bond donors (Lipinski definition) is 0. The Morgan fingerprint density at radius 3 is 2.90 bits per heavy atom. The first-order valence-electron chi connectivity index (χ1n) is 7.00. The van der Waals surface area contributed by atoms with Gasteiger partial charge in [-0.05, 0) is 37.3 Å². The summed E-state index contributed by atoms with van der Waals surface area (Å²) in [4.78, 5) is 24.2. The van der Waals surface area contributed by atoms with E-state index < -0.39 is 16.3 Å². The lowest BCUT2D eigenvalue weighted by Crippen LogP contribution is -2.53. The number of benzene rings is 1. The highest BCUT2D eigenvalue weighted by molar-refractivity contribution is 6.26. The van der Waals surface area contributed by atoms with Crippen LogP contribution in [-0.4, -0.2) is 18.4 Å². The topological polar surface area (TPSA) is 43.4 Å². The van der Waals surface area contributed by atoms with Gasteiger partial charge in [0.05, 0.1) is 11.5 Å². The van der Waals surface area contributed by atoms with Crippen LogP contribution < -0.4 is 0 Å². The van der Waals surface area contributed by atoms with Crippen LogP contribution in [0.5, 0.6) is 0 Å². The number of carbonyl (C=O) groups excluding carboxylic acids is 2. The van der Waals surface area contributed by atoms with E-state index in [1.165, 1.54) is 0 Å². The van der Waals surface area contributed by atoms with Gasteiger partial charge in [0, 0.05) is 6.42 Å². The highest BCUT2D eigenvalue weighted by atomic mass is 35.5. The maximum atomic E-state index is 12.4. The molecule has 0 N–H and O–H groups in total. The Labute approximate surface area is 123 Å². The zero-order valence-corrected chi connectivity index (χ0v) is 12.2. The lowest BCUT2D eigenvalue weighted by molar-refractivity contribution is -0.163. The highest BCUT2D eigenvalue weighted by Crippen LogP contribution is 2.55. The molecule has 0 aromatic heterocycles. The molecular weight excluding hydrogens is 276 g/mol. The largest absolute Gasteiger partial charge is 0.465 e. The number of carbonyl (C=O) groups is 2. The fraction of sp³-hybridized carbons (Fsp3) is 0.500. The molecule has 106 valence electrons. The van der Waals surface area contributed by atoms with Gasteiger partial charge in [-0.2, -0.15) is 0 Å². The molecule has 1 saturated carbocycles. The normalized spacial score (nSPS) is 31.6. The van der Waals surface area contributed by atoms with Gasteiger partial charge in [0.2, 0.25) is 0 Å². The maximum Gasteiger partial charge on any atom is 0.320 e. The Balaban J connectivity index is 2.12. The van der Waals surface area contributed by atoms with Crippen molar-refractivity contribution in [2.24, 2.45) is 5.41 Å². The van der Waals surface area contributed by atoms with Gasteiger partial charge in [-0.25, -0.2) is 0 Å². The Morgan fingerprint density at radius 1 is 1.40 bits per heavy atom. The number of rotatable bonds is 2. The predicted octanol–water partition coefficient (Wildman–Crippen LogP) is 2.98. The van der Waals surface area contributed by atoms with Crippen molar-refractivity contribution in [2.75, 3.05) is 6.61 Å². The summed E-state index contributed by atoms with van der Waals surface area (Å²) in [6.07, 6.45) is 1.70. The number of alkyl halides is 1. The van der Waals surface area contributed by atoms with E-state index in [0.29, 0.717) is 25.7 Å². The van der Waals surface area contributed by atoms with E-state index in [2.05, 4.69) is 0 Å². The van der Waals surface area contributed by atoms with Crippen molar-refractivity contribution < 1.29 is 14.3 Å². The smallest absolute Gasteiger partial charge is 0.320 e. The standard InChI is InChI=1S/C16H17ClO3/c1-2-20-14(19)15-9-11-5-3-4-6-12(11)16(17,10-15)8-7-13(15)18/h3-6H,2,7-10H2,1H3. The number of halogens is 1. The van der Waals surface area contributed by atoms with E-state index in [1.807, 2.05) is 24.3 Å². The third kappa shape index (κ3) is 1.80. The number of ketones is 1. The van der Waals surface area contributed by atoms with Crippen molar-refractivity contribution in [1.29, 1.82) is 0 Å². The van der Waals surface area contributed by atoms with E-state index in [0.717, 1.165) is 11.1 Å². The van der Waals surface area contributed by atoms with Gasteiger partial charge in [0.1, 0.15) is 5.41 Å². The van der Waals surface area contributed by atoms with E-state index in [-0.39, 0.29) is 12.4 Å². The second kappa shape index (κ2) is 4.59. The zero-order chi connectivity index (χ0) is 14.4. The summed E-state index contributed by atoms with van der Waals surface area (Å²) in [5.41, 5.74) is 0.980. The fourth-order valence-corrected chi connectivity index (χ4v) is 4.08.